The second kappa shape index (κ2) is 3.48. The van der Waals surface area contributed by atoms with Crippen LogP contribution in [0.4, 0.5) is 0 Å². The molecule has 0 spiro atoms. The quantitative estimate of drug-likeness (QED) is 0.645. The fourth-order valence-corrected chi connectivity index (χ4v) is 1.51. The van der Waals surface area contributed by atoms with Crippen molar-refractivity contribution < 1.29 is 5.11 Å². The van der Waals surface area contributed by atoms with E-state index in [1.54, 1.807) is 12.1 Å². The highest BCUT2D eigenvalue weighted by atomic mass is 16.3. The van der Waals surface area contributed by atoms with E-state index in [9.17, 15) is 0 Å². The van der Waals surface area contributed by atoms with E-state index < -0.39 is 0 Å². The average Bonchev–Trinajstić information content (AvgIpc) is 2.20. The normalized spacial score (nSPS) is 15.5. The van der Waals surface area contributed by atoms with Gasteiger partial charge in [-0.25, -0.2) is 0 Å². The summed E-state index contributed by atoms with van der Waals surface area (Å²) in [4.78, 5) is 0. The predicted molar refractivity (Wildman–Crippen MR) is 54.5 cm³/mol. The van der Waals surface area contributed by atoms with Gasteiger partial charge in [-0.05, 0) is 36.1 Å². The van der Waals surface area contributed by atoms with Gasteiger partial charge in [-0.15, -0.1) is 0 Å². The van der Waals surface area contributed by atoms with Crippen LogP contribution < -0.4 is 0 Å². The molecule has 0 heterocycles. The monoisotopic (exact) mass is 172 g/mol. The molecular formula is C12H12O. The van der Waals surface area contributed by atoms with Gasteiger partial charge in [0.25, 0.3) is 0 Å². The Morgan fingerprint density at radius 1 is 1.00 bits per heavy atom. The fourth-order valence-electron chi connectivity index (χ4n) is 1.51. The van der Waals surface area contributed by atoms with E-state index in [-0.39, 0.29) is 0 Å². The standard InChI is InChI=1S/C12H12O/c13-12-8-6-11(7-9-12)10-4-2-1-3-5-10/h1-2,5-9,13H,3-4H2. The molecule has 0 saturated heterocycles. The Morgan fingerprint density at radius 2 is 1.77 bits per heavy atom. The van der Waals surface area contributed by atoms with Crippen LogP contribution in [0.1, 0.15) is 18.4 Å². The zero-order chi connectivity index (χ0) is 9.10. The summed E-state index contributed by atoms with van der Waals surface area (Å²) in [6, 6.07) is 7.38. The van der Waals surface area contributed by atoms with Gasteiger partial charge in [0.05, 0.1) is 0 Å². The Labute approximate surface area is 78.0 Å². The van der Waals surface area contributed by atoms with Crippen molar-refractivity contribution in [1.29, 1.82) is 0 Å². The van der Waals surface area contributed by atoms with Crippen molar-refractivity contribution in [2.45, 2.75) is 12.8 Å². The Balaban J connectivity index is 2.25. The summed E-state index contributed by atoms with van der Waals surface area (Å²) in [5.74, 6) is 0.329. The van der Waals surface area contributed by atoms with Gasteiger partial charge in [-0.1, -0.05) is 30.4 Å². The second-order valence-corrected chi connectivity index (χ2v) is 3.19. The van der Waals surface area contributed by atoms with Gasteiger partial charge in [-0.3, -0.25) is 0 Å². The van der Waals surface area contributed by atoms with Gasteiger partial charge in [-0.2, -0.15) is 0 Å². The third-order valence-electron chi connectivity index (χ3n) is 2.24. The molecule has 0 aromatic heterocycles. The van der Waals surface area contributed by atoms with Gasteiger partial charge in [0.2, 0.25) is 0 Å². The third-order valence-corrected chi connectivity index (χ3v) is 2.24. The van der Waals surface area contributed by atoms with Crippen LogP contribution in [0.2, 0.25) is 0 Å². The molecule has 0 bridgehead atoms. The van der Waals surface area contributed by atoms with Crippen molar-refractivity contribution in [3.63, 3.8) is 0 Å². The van der Waals surface area contributed by atoms with Gasteiger partial charge in [0, 0.05) is 0 Å². The summed E-state index contributed by atoms with van der Waals surface area (Å²) < 4.78 is 0. The molecule has 66 valence electrons. The van der Waals surface area contributed by atoms with E-state index in [4.69, 9.17) is 5.11 Å². The summed E-state index contributed by atoms with van der Waals surface area (Å²) in [5.41, 5.74) is 2.56. The van der Waals surface area contributed by atoms with E-state index >= 15 is 0 Å². The SMILES string of the molecule is Oc1ccc(C2=CCC=CC2)cc1. The lowest BCUT2D eigenvalue weighted by atomic mass is 9.98. The van der Waals surface area contributed by atoms with Gasteiger partial charge in [0.15, 0.2) is 0 Å². The molecule has 0 aliphatic heterocycles. The first-order valence-corrected chi connectivity index (χ1v) is 4.50. The first-order valence-electron chi connectivity index (χ1n) is 4.50. The van der Waals surface area contributed by atoms with Crippen molar-refractivity contribution in [2.24, 2.45) is 0 Å². The maximum Gasteiger partial charge on any atom is 0.115 e. The fraction of sp³-hybridized carbons (Fsp3) is 0.167. The number of hydrogen-bond donors (Lipinski definition) is 1. The van der Waals surface area contributed by atoms with Crippen LogP contribution in [0.5, 0.6) is 5.75 Å². The van der Waals surface area contributed by atoms with Crippen LogP contribution in [0.25, 0.3) is 5.57 Å². The minimum atomic E-state index is 0.329. The molecule has 1 N–H and O–H groups in total. The van der Waals surface area contributed by atoms with Crippen LogP contribution in [0.3, 0.4) is 0 Å². The molecule has 0 saturated carbocycles. The number of aromatic hydroxyl groups is 1. The van der Waals surface area contributed by atoms with Crippen molar-refractivity contribution in [1.82, 2.24) is 0 Å². The molecule has 1 aromatic carbocycles. The lowest BCUT2D eigenvalue weighted by Gasteiger charge is -2.08. The molecule has 1 aliphatic carbocycles. The number of phenols is 1. The topological polar surface area (TPSA) is 20.2 Å². The van der Waals surface area contributed by atoms with Crippen molar-refractivity contribution >= 4 is 5.57 Å². The molecule has 0 fully saturated rings. The van der Waals surface area contributed by atoms with E-state index in [2.05, 4.69) is 18.2 Å². The van der Waals surface area contributed by atoms with Crippen molar-refractivity contribution in [2.75, 3.05) is 0 Å². The lowest BCUT2D eigenvalue weighted by molar-refractivity contribution is 0.475. The minimum absolute atomic E-state index is 0.329. The van der Waals surface area contributed by atoms with Gasteiger partial charge < -0.3 is 5.11 Å². The number of hydrogen-bond acceptors (Lipinski definition) is 1. The molecular weight excluding hydrogens is 160 g/mol. The molecule has 1 aromatic rings. The summed E-state index contributed by atoms with van der Waals surface area (Å²) in [6.07, 6.45) is 8.61. The molecule has 1 heteroatoms. The van der Waals surface area contributed by atoms with E-state index in [1.807, 2.05) is 12.1 Å². The number of allylic oxidation sites excluding steroid dienone is 4. The highest BCUT2D eigenvalue weighted by molar-refractivity contribution is 5.68. The Bertz CT molecular complexity index is 344. The third kappa shape index (κ3) is 1.81. The maximum atomic E-state index is 9.12. The molecule has 13 heavy (non-hydrogen) atoms. The Morgan fingerprint density at radius 3 is 2.38 bits per heavy atom. The van der Waals surface area contributed by atoms with E-state index in [0.29, 0.717) is 5.75 Å². The molecule has 0 unspecified atom stereocenters. The predicted octanol–water partition coefficient (Wildman–Crippen LogP) is 3.13. The first-order chi connectivity index (χ1) is 6.36. The maximum absolute atomic E-state index is 9.12. The lowest BCUT2D eigenvalue weighted by Crippen LogP contribution is -1.86. The van der Waals surface area contributed by atoms with Crippen molar-refractivity contribution in [3.05, 3.63) is 48.1 Å². The molecule has 0 radical (unpaired) electrons. The zero-order valence-corrected chi connectivity index (χ0v) is 7.40. The van der Waals surface area contributed by atoms with E-state index in [0.717, 1.165) is 12.8 Å². The number of benzene rings is 1. The highest BCUT2D eigenvalue weighted by Crippen LogP contribution is 2.24. The summed E-state index contributed by atoms with van der Waals surface area (Å²) in [7, 11) is 0. The van der Waals surface area contributed by atoms with Gasteiger partial charge >= 0.3 is 0 Å². The van der Waals surface area contributed by atoms with Crippen LogP contribution in [0, 0.1) is 0 Å². The molecule has 0 amide bonds. The first kappa shape index (κ1) is 8.11. The zero-order valence-electron chi connectivity index (χ0n) is 7.40. The number of phenolic OH excluding ortho intramolecular Hbond substituents is 1. The molecule has 2 rings (SSSR count). The molecule has 1 aliphatic rings. The molecule has 1 nitrogen and oxygen atoms in total. The summed E-state index contributed by atoms with van der Waals surface area (Å²) in [5, 5.41) is 9.12. The number of rotatable bonds is 1. The molecule has 0 atom stereocenters. The Kier molecular flexibility index (Phi) is 2.17. The average molecular weight is 172 g/mol. The smallest absolute Gasteiger partial charge is 0.115 e. The minimum Gasteiger partial charge on any atom is -0.508 e. The highest BCUT2D eigenvalue weighted by Gasteiger charge is 2.01. The van der Waals surface area contributed by atoms with Crippen LogP contribution in [0.15, 0.2) is 42.5 Å². The van der Waals surface area contributed by atoms with Crippen LogP contribution >= 0.6 is 0 Å². The van der Waals surface area contributed by atoms with Crippen LogP contribution in [-0.4, -0.2) is 5.11 Å². The van der Waals surface area contributed by atoms with Gasteiger partial charge in [0.1, 0.15) is 5.75 Å². The summed E-state index contributed by atoms with van der Waals surface area (Å²) in [6.45, 7) is 0. The van der Waals surface area contributed by atoms with Crippen molar-refractivity contribution in [3.8, 4) is 5.75 Å². The summed E-state index contributed by atoms with van der Waals surface area (Å²) >= 11 is 0. The Hall–Kier alpha value is -1.50. The van der Waals surface area contributed by atoms with Crippen LogP contribution in [-0.2, 0) is 0 Å². The largest absolute Gasteiger partial charge is 0.508 e. The second-order valence-electron chi connectivity index (χ2n) is 3.19. The van der Waals surface area contributed by atoms with E-state index in [1.165, 1.54) is 11.1 Å².